The average Bonchev–Trinajstić information content (AvgIpc) is 2.80. The lowest BCUT2D eigenvalue weighted by molar-refractivity contribution is 0.0854. The second-order valence-corrected chi connectivity index (χ2v) is 4.52. The van der Waals surface area contributed by atoms with E-state index in [1.807, 2.05) is 25.5 Å². The number of aliphatic hydroxyl groups is 2. The van der Waals surface area contributed by atoms with Gasteiger partial charge in [0, 0.05) is 6.04 Å². The van der Waals surface area contributed by atoms with Crippen molar-refractivity contribution in [3.05, 3.63) is 12.2 Å². The van der Waals surface area contributed by atoms with Crippen LogP contribution in [0.4, 0.5) is 0 Å². The molecule has 0 amide bonds. The molecule has 0 aromatic carbocycles. The van der Waals surface area contributed by atoms with Crippen LogP contribution in [0, 0.1) is 0 Å². The molecule has 0 aliphatic heterocycles. The van der Waals surface area contributed by atoms with E-state index in [1.54, 1.807) is 0 Å². The molecule has 17 heavy (non-hydrogen) atoms. The largest absolute Gasteiger partial charge is 0.394 e. The van der Waals surface area contributed by atoms with Crippen LogP contribution in [0.15, 0.2) is 6.33 Å². The third-order valence-corrected chi connectivity index (χ3v) is 3.04. The molecule has 0 bridgehead atoms. The van der Waals surface area contributed by atoms with Gasteiger partial charge in [-0.1, -0.05) is 6.92 Å². The predicted molar refractivity (Wildman–Crippen MR) is 64.4 cm³/mol. The summed E-state index contributed by atoms with van der Waals surface area (Å²) in [5, 5.41) is 25.9. The van der Waals surface area contributed by atoms with E-state index >= 15 is 0 Å². The molecule has 0 saturated carbocycles. The third-order valence-electron chi connectivity index (χ3n) is 3.04. The number of nitrogens with zero attached hydrogens (tertiary/aromatic N) is 3. The Balaban J connectivity index is 2.69. The van der Waals surface area contributed by atoms with Crippen LogP contribution >= 0.6 is 0 Å². The zero-order chi connectivity index (χ0) is 12.9. The Kier molecular flexibility index (Phi) is 5.04. The lowest BCUT2D eigenvalue weighted by Gasteiger charge is -2.29. The molecule has 6 heteroatoms. The van der Waals surface area contributed by atoms with Crippen LogP contribution in [0.1, 0.15) is 39.1 Å². The zero-order valence-corrected chi connectivity index (χ0v) is 10.7. The summed E-state index contributed by atoms with van der Waals surface area (Å²) < 4.78 is 1.82. The van der Waals surface area contributed by atoms with E-state index in [0.29, 0.717) is 13.0 Å². The molecule has 1 heterocycles. The molecule has 0 spiro atoms. The molecular formula is C11H22N4O2. The van der Waals surface area contributed by atoms with Crippen molar-refractivity contribution >= 4 is 0 Å². The Bertz CT molecular complexity index is 326. The van der Waals surface area contributed by atoms with Gasteiger partial charge in [0.05, 0.1) is 25.3 Å². The van der Waals surface area contributed by atoms with Gasteiger partial charge in [-0.25, -0.2) is 9.67 Å². The van der Waals surface area contributed by atoms with Gasteiger partial charge in [-0.3, -0.25) is 0 Å². The summed E-state index contributed by atoms with van der Waals surface area (Å²) >= 11 is 0. The topological polar surface area (TPSA) is 83.2 Å². The highest BCUT2D eigenvalue weighted by Crippen LogP contribution is 2.11. The lowest BCUT2D eigenvalue weighted by atomic mass is 9.98. The second-order valence-electron chi connectivity index (χ2n) is 4.52. The molecule has 1 aromatic rings. The summed E-state index contributed by atoms with van der Waals surface area (Å²) in [7, 11) is 0. The van der Waals surface area contributed by atoms with E-state index in [4.69, 9.17) is 0 Å². The van der Waals surface area contributed by atoms with Crippen LogP contribution in [-0.4, -0.2) is 43.7 Å². The first kappa shape index (κ1) is 14.1. The van der Waals surface area contributed by atoms with Gasteiger partial charge in [0.2, 0.25) is 0 Å². The quantitative estimate of drug-likeness (QED) is 0.631. The molecule has 98 valence electrons. The number of nitrogens with one attached hydrogen (secondary N) is 1. The maximum atomic E-state index is 9.32. The minimum absolute atomic E-state index is 0.101. The molecule has 3 N–H and O–H groups in total. The van der Waals surface area contributed by atoms with Crippen LogP contribution in [-0.2, 0) is 6.54 Å². The summed E-state index contributed by atoms with van der Waals surface area (Å²) in [5.41, 5.74) is -0.645. The SMILES string of the molecule is CCC(CO)(CO)NCc1ncnn1C(C)C. The molecule has 0 radical (unpaired) electrons. The maximum absolute atomic E-state index is 9.32. The van der Waals surface area contributed by atoms with Gasteiger partial charge < -0.3 is 15.5 Å². The van der Waals surface area contributed by atoms with Crippen molar-refractivity contribution in [3.8, 4) is 0 Å². The van der Waals surface area contributed by atoms with Gasteiger partial charge in [-0.05, 0) is 20.3 Å². The third kappa shape index (κ3) is 3.24. The molecular weight excluding hydrogens is 220 g/mol. The van der Waals surface area contributed by atoms with Gasteiger partial charge in [0.25, 0.3) is 0 Å². The summed E-state index contributed by atoms with van der Waals surface area (Å²) in [5.74, 6) is 0.805. The molecule has 1 aromatic heterocycles. The fourth-order valence-electron chi connectivity index (χ4n) is 1.61. The first-order valence-corrected chi connectivity index (χ1v) is 5.93. The van der Waals surface area contributed by atoms with Crippen LogP contribution in [0.3, 0.4) is 0 Å². The summed E-state index contributed by atoms with van der Waals surface area (Å²) in [6.07, 6.45) is 2.17. The van der Waals surface area contributed by atoms with Crippen molar-refractivity contribution in [3.63, 3.8) is 0 Å². The number of aliphatic hydroxyl groups excluding tert-OH is 2. The van der Waals surface area contributed by atoms with Gasteiger partial charge in [0.15, 0.2) is 0 Å². The highest BCUT2D eigenvalue weighted by atomic mass is 16.3. The van der Waals surface area contributed by atoms with Crippen LogP contribution in [0.5, 0.6) is 0 Å². The molecule has 0 unspecified atom stereocenters. The number of aromatic nitrogens is 3. The summed E-state index contributed by atoms with van der Waals surface area (Å²) in [4.78, 5) is 4.17. The Labute approximate surface area is 102 Å². The van der Waals surface area contributed by atoms with Crippen LogP contribution < -0.4 is 5.32 Å². The Morgan fingerprint density at radius 1 is 1.41 bits per heavy atom. The van der Waals surface area contributed by atoms with E-state index in [9.17, 15) is 10.2 Å². The van der Waals surface area contributed by atoms with Crippen molar-refractivity contribution in [2.45, 2.75) is 45.3 Å². The van der Waals surface area contributed by atoms with Gasteiger partial charge >= 0.3 is 0 Å². The minimum atomic E-state index is -0.645. The normalized spacial score (nSPS) is 12.4. The predicted octanol–water partition coefficient (Wildman–Crippen LogP) is 0.0820. The minimum Gasteiger partial charge on any atom is -0.394 e. The van der Waals surface area contributed by atoms with Gasteiger partial charge in [0.1, 0.15) is 12.2 Å². The fourth-order valence-corrected chi connectivity index (χ4v) is 1.61. The molecule has 1 rings (SSSR count). The van der Waals surface area contributed by atoms with Crippen molar-refractivity contribution in [2.75, 3.05) is 13.2 Å². The summed E-state index contributed by atoms with van der Waals surface area (Å²) in [6, 6.07) is 0.244. The molecule has 6 nitrogen and oxygen atoms in total. The number of hydrogen-bond acceptors (Lipinski definition) is 5. The van der Waals surface area contributed by atoms with Crippen molar-refractivity contribution in [2.24, 2.45) is 0 Å². The highest BCUT2D eigenvalue weighted by Gasteiger charge is 2.26. The molecule has 0 atom stereocenters. The maximum Gasteiger partial charge on any atom is 0.141 e. The smallest absolute Gasteiger partial charge is 0.141 e. The Morgan fingerprint density at radius 3 is 2.53 bits per heavy atom. The van der Waals surface area contributed by atoms with E-state index in [0.717, 1.165) is 5.82 Å². The lowest BCUT2D eigenvalue weighted by Crippen LogP contribution is -2.51. The van der Waals surface area contributed by atoms with E-state index in [1.165, 1.54) is 6.33 Å². The number of hydrogen-bond donors (Lipinski definition) is 3. The molecule has 0 aliphatic carbocycles. The average molecular weight is 242 g/mol. The van der Waals surface area contributed by atoms with Crippen LogP contribution in [0.25, 0.3) is 0 Å². The number of rotatable bonds is 7. The van der Waals surface area contributed by atoms with Crippen molar-refractivity contribution in [1.29, 1.82) is 0 Å². The first-order valence-electron chi connectivity index (χ1n) is 5.93. The van der Waals surface area contributed by atoms with E-state index in [-0.39, 0.29) is 19.3 Å². The van der Waals surface area contributed by atoms with Crippen molar-refractivity contribution < 1.29 is 10.2 Å². The zero-order valence-electron chi connectivity index (χ0n) is 10.7. The van der Waals surface area contributed by atoms with Crippen LogP contribution in [0.2, 0.25) is 0 Å². The second kappa shape index (κ2) is 6.09. The highest BCUT2D eigenvalue weighted by molar-refractivity contribution is 4.92. The standard InChI is InChI=1S/C11H22N4O2/c1-4-11(6-16,7-17)13-5-10-12-8-14-15(10)9(2)3/h8-9,13,16-17H,4-7H2,1-3H3. The van der Waals surface area contributed by atoms with E-state index < -0.39 is 5.54 Å². The molecule has 0 aliphatic rings. The molecule has 0 fully saturated rings. The summed E-state index contributed by atoms with van der Waals surface area (Å²) in [6.45, 7) is 6.26. The van der Waals surface area contributed by atoms with Gasteiger partial charge in [-0.15, -0.1) is 0 Å². The Hall–Kier alpha value is -0.980. The molecule has 0 saturated heterocycles. The van der Waals surface area contributed by atoms with Gasteiger partial charge in [-0.2, -0.15) is 5.10 Å². The van der Waals surface area contributed by atoms with E-state index in [2.05, 4.69) is 15.4 Å². The van der Waals surface area contributed by atoms with Crippen molar-refractivity contribution in [1.82, 2.24) is 20.1 Å². The fraction of sp³-hybridized carbons (Fsp3) is 0.818. The Morgan fingerprint density at radius 2 is 2.06 bits per heavy atom. The monoisotopic (exact) mass is 242 g/mol. The first-order chi connectivity index (χ1) is 8.08.